The minimum absolute atomic E-state index is 0.0791. The molecule has 1 aliphatic heterocycles. The standard InChI is InChI=1S/C33H30N2O/c1-4-35-32-8-6-5-7-28(32)29-19-25(15-18-33(29)35)26-20-30(23-11-9-22(2)10-12-23)34-31(21-26)24-13-16-27(36-3)17-14-24/h5-19,21,30H,4,20H2,1-3H3. The molecule has 3 nitrogen and oxygen atoms in total. The molecule has 0 amide bonds. The molecule has 2 heterocycles. The fourth-order valence-electron chi connectivity index (χ4n) is 5.38. The van der Waals surface area contributed by atoms with Gasteiger partial charge in [0.2, 0.25) is 0 Å². The van der Waals surface area contributed by atoms with Gasteiger partial charge in [0.1, 0.15) is 5.75 Å². The Labute approximate surface area is 212 Å². The number of benzene rings is 4. The topological polar surface area (TPSA) is 26.5 Å². The van der Waals surface area contributed by atoms with E-state index in [2.05, 4.69) is 103 Å². The van der Waals surface area contributed by atoms with Crippen LogP contribution in [0.4, 0.5) is 0 Å². The maximum atomic E-state index is 5.38. The minimum atomic E-state index is 0.0791. The number of methoxy groups -OCH3 is 1. The molecule has 0 fully saturated rings. The molecule has 5 aromatic rings. The van der Waals surface area contributed by atoms with Gasteiger partial charge in [-0.1, -0.05) is 54.1 Å². The van der Waals surface area contributed by atoms with Crippen LogP contribution < -0.4 is 4.74 Å². The summed E-state index contributed by atoms with van der Waals surface area (Å²) >= 11 is 0. The van der Waals surface area contributed by atoms with Gasteiger partial charge in [0.05, 0.1) is 18.9 Å². The van der Waals surface area contributed by atoms with Gasteiger partial charge in [-0.25, -0.2) is 0 Å². The van der Waals surface area contributed by atoms with Crippen LogP contribution in [0.5, 0.6) is 5.75 Å². The summed E-state index contributed by atoms with van der Waals surface area (Å²) in [6.07, 6.45) is 3.15. The predicted octanol–water partition coefficient (Wildman–Crippen LogP) is 8.15. The summed E-state index contributed by atoms with van der Waals surface area (Å²) in [6, 6.07) is 32.8. The number of aliphatic imine (C=N–C) groups is 1. The normalized spacial score (nSPS) is 15.7. The second-order valence-electron chi connectivity index (χ2n) is 9.54. The van der Waals surface area contributed by atoms with Crippen molar-refractivity contribution < 1.29 is 4.74 Å². The maximum Gasteiger partial charge on any atom is 0.118 e. The Balaban J connectivity index is 1.48. The highest BCUT2D eigenvalue weighted by Crippen LogP contribution is 2.38. The van der Waals surface area contributed by atoms with Crippen LogP contribution in [0, 0.1) is 6.92 Å². The van der Waals surface area contributed by atoms with Gasteiger partial charge in [-0.2, -0.15) is 0 Å². The average Bonchev–Trinajstić information content (AvgIpc) is 3.26. The molecule has 1 aliphatic rings. The lowest BCUT2D eigenvalue weighted by Gasteiger charge is -2.23. The van der Waals surface area contributed by atoms with E-state index in [0.717, 1.165) is 30.0 Å². The number of ether oxygens (including phenoxy) is 1. The van der Waals surface area contributed by atoms with Crippen LogP contribution in [0.2, 0.25) is 0 Å². The van der Waals surface area contributed by atoms with E-state index in [9.17, 15) is 0 Å². The van der Waals surface area contributed by atoms with Crippen molar-refractivity contribution in [2.45, 2.75) is 32.9 Å². The van der Waals surface area contributed by atoms with E-state index in [-0.39, 0.29) is 6.04 Å². The molecule has 0 saturated heterocycles. The number of dihydropyridines is 1. The summed E-state index contributed by atoms with van der Waals surface area (Å²) in [5.74, 6) is 0.854. The van der Waals surface area contributed by atoms with Crippen molar-refractivity contribution in [2.24, 2.45) is 4.99 Å². The molecule has 0 spiro atoms. The first kappa shape index (κ1) is 22.4. The Morgan fingerprint density at radius 1 is 0.833 bits per heavy atom. The third kappa shape index (κ3) is 3.91. The van der Waals surface area contributed by atoms with Crippen LogP contribution in [-0.4, -0.2) is 17.4 Å². The molecule has 36 heavy (non-hydrogen) atoms. The smallest absolute Gasteiger partial charge is 0.118 e. The molecule has 0 N–H and O–H groups in total. The van der Waals surface area contributed by atoms with Gasteiger partial charge in [-0.3, -0.25) is 4.99 Å². The monoisotopic (exact) mass is 470 g/mol. The highest BCUT2D eigenvalue weighted by atomic mass is 16.5. The molecule has 0 saturated carbocycles. The Kier molecular flexibility index (Phi) is 5.69. The first-order valence-electron chi connectivity index (χ1n) is 12.7. The van der Waals surface area contributed by atoms with Gasteiger partial charge in [-0.05, 0) is 91.1 Å². The number of aromatic nitrogens is 1. The van der Waals surface area contributed by atoms with Crippen LogP contribution >= 0.6 is 0 Å². The molecule has 1 unspecified atom stereocenters. The fourth-order valence-corrected chi connectivity index (χ4v) is 5.38. The summed E-state index contributed by atoms with van der Waals surface area (Å²) in [4.78, 5) is 5.21. The number of aryl methyl sites for hydroxylation is 2. The zero-order valence-corrected chi connectivity index (χ0v) is 21.0. The number of fused-ring (bicyclic) bond motifs is 3. The van der Waals surface area contributed by atoms with E-state index in [1.165, 1.54) is 44.1 Å². The quantitative estimate of drug-likeness (QED) is 0.255. The number of hydrogen-bond acceptors (Lipinski definition) is 2. The SMILES string of the molecule is CCn1c2ccccc2c2cc(C3=CC(c4ccc(OC)cc4)=NC(c4ccc(C)cc4)C3)ccc21. The van der Waals surface area contributed by atoms with Crippen LogP contribution in [0.1, 0.15) is 41.6 Å². The Morgan fingerprint density at radius 2 is 1.56 bits per heavy atom. The summed E-state index contributed by atoms with van der Waals surface area (Å²) in [6.45, 7) is 5.30. The number of para-hydroxylation sites is 1. The van der Waals surface area contributed by atoms with Crippen molar-refractivity contribution in [2.75, 3.05) is 7.11 Å². The Bertz CT molecular complexity index is 1620. The number of allylic oxidation sites excluding steroid dienone is 1. The molecule has 1 aromatic heterocycles. The highest BCUT2D eigenvalue weighted by Gasteiger charge is 2.21. The Hall–Kier alpha value is -4.11. The van der Waals surface area contributed by atoms with Crippen molar-refractivity contribution in [1.82, 2.24) is 4.57 Å². The molecular formula is C33H30N2O. The lowest BCUT2D eigenvalue weighted by atomic mass is 9.89. The number of hydrogen-bond donors (Lipinski definition) is 0. The lowest BCUT2D eigenvalue weighted by molar-refractivity contribution is 0.415. The predicted molar refractivity (Wildman–Crippen MR) is 151 cm³/mol. The van der Waals surface area contributed by atoms with E-state index in [0.29, 0.717) is 0 Å². The highest BCUT2D eigenvalue weighted by molar-refractivity contribution is 6.14. The van der Waals surface area contributed by atoms with Gasteiger partial charge in [0, 0.05) is 28.4 Å². The molecule has 6 rings (SSSR count). The maximum absolute atomic E-state index is 5.38. The largest absolute Gasteiger partial charge is 0.497 e. The van der Waals surface area contributed by atoms with Gasteiger partial charge in [0.15, 0.2) is 0 Å². The van der Waals surface area contributed by atoms with Crippen molar-refractivity contribution in [1.29, 1.82) is 0 Å². The molecule has 1 atom stereocenters. The minimum Gasteiger partial charge on any atom is -0.497 e. The van der Waals surface area contributed by atoms with E-state index in [1.54, 1.807) is 7.11 Å². The molecule has 0 radical (unpaired) electrons. The molecule has 178 valence electrons. The van der Waals surface area contributed by atoms with E-state index in [1.807, 2.05) is 12.1 Å². The Morgan fingerprint density at radius 3 is 2.31 bits per heavy atom. The number of nitrogens with zero attached hydrogens (tertiary/aromatic N) is 2. The van der Waals surface area contributed by atoms with E-state index < -0.39 is 0 Å². The van der Waals surface area contributed by atoms with Crippen LogP contribution in [-0.2, 0) is 6.54 Å². The molecule has 4 aromatic carbocycles. The van der Waals surface area contributed by atoms with Crippen molar-refractivity contribution in [3.05, 3.63) is 119 Å². The van der Waals surface area contributed by atoms with Crippen LogP contribution in [0.3, 0.4) is 0 Å². The zero-order chi connectivity index (χ0) is 24.6. The summed E-state index contributed by atoms with van der Waals surface area (Å²) in [7, 11) is 1.70. The van der Waals surface area contributed by atoms with Gasteiger partial charge < -0.3 is 9.30 Å². The third-order valence-electron chi connectivity index (χ3n) is 7.33. The van der Waals surface area contributed by atoms with Gasteiger partial charge >= 0.3 is 0 Å². The molecule has 3 heteroatoms. The summed E-state index contributed by atoms with van der Waals surface area (Å²) < 4.78 is 7.78. The first-order chi connectivity index (χ1) is 17.6. The zero-order valence-electron chi connectivity index (χ0n) is 21.0. The second kappa shape index (κ2) is 9.16. The van der Waals surface area contributed by atoms with Crippen molar-refractivity contribution >= 4 is 33.1 Å². The average molecular weight is 471 g/mol. The van der Waals surface area contributed by atoms with Gasteiger partial charge in [-0.15, -0.1) is 0 Å². The molecule has 0 aliphatic carbocycles. The first-order valence-corrected chi connectivity index (χ1v) is 12.7. The van der Waals surface area contributed by atoms with Crippen LogP contribution in [0.15, 0.2) is 102 Å². The van der Waals surface area contributed by atoms with E-state index >= 15 is 0 Å². The van der Waals surface area contributed by atoms with Crippen molar-refractivity contribution in [3.63, 3.8) is 0 Å². The summed E-state index contributed by atoms with van der Waals surface area (Å²) in [5, 5.41) is 2.62. The lowest BCUT2D eigenvalue weighted by Crippen LogP contribution is -2.10. The number of rotatable bonds is 5. The van der Waals surface area contributed by atoms with Gasteiger partial charge in [0.25, 0.3) is 0 Å². The molecule has 0 bridgehead atoms. The molecular weight excluding hydrogens is 440 g/mol. The van der Waals surface area contributed by atoms with Crippen LogP contribution in [0.25, 0.3) is 27.4 Å². The van der Waals surface area contributed by atoms with Crippen molar-refractivity contribution in [3.8, 4) is 5.75 Å². The third-order valence-corrected chi connectivity index (χ3v) is 7.33. The van der Waals surface area contributed by atoms with E-state index in [4.69, 9.17) is 9.73 Å². The summed E-state index contributed by atoms with van der Waals surface area (Å²) in [5.41, 5.74) is 9.80. The fraction of sp³-hybridized carbons (Fsp3) is 0.182. The second-order valence-corrected chi connectivity index (χ2v) is 9.54.